The molecule has 0 aliphatic heterocycles. The van der Waals surface area contributed by atoms with E-state index in [1.165, 1.54) is 6.07 Å². The minimum absolute atomic E-state index is 0.348. The Balaban J connectivity index is 2.61. The molecule has 1 aromatic carbocycles. The largest absolute Gasteiger partial charge is 0.444 e. The molecule has 21 heavy (non-hydrogen) atoms. The molecule has 1 aromatic rings. The summed E-state index contributed by atoms with van der Waals surface area (Å²) in [5.74, 6) is -0.408. The smallest absolute Gasteiger partial charge is 0.408 e. The van der Waals surface area contributed by atoms with Crippen molar-refractivity contribution in [3.8, 4) is 0 Å². The number of carbonyl (C=O) groups is 2. The second kappa shape index (κ2) is 6.67. The first kappa shape index (κ1) is 17.1. The molecule has 116 valence electrons. The van der Waals surface area contributed by atoms with E-state index in [1.54, 1.807) is 39.8 Å². The molecule has 1 rings (SSSR count). The topological polar surface area (TPSA) is 93.4 Å². The van der Waals surface area contributed by atoms with Gasteiger partial charge in [-0.05, 0) is 45.9 Å². The molecule has 0 unspecified atom stereocenters. The van der Waals surface area contributed by atoms with Gasteiger partial charge in [-0.2, -0.15) is 0 Å². The van der Waals surface area contributed by atoms with Gasteiger partial charge in [-0.1, -0.05) is 11.6 Å². The molecular weight excluding hydrogens is 294 g/mol. The van der Waals surface area contributed by atoms with Gasteiger partial charge >= 0.3 is 6.09 Å². The fourth-order valence-corrected chi connectivity index (χ4v) is 1.62. The average molecular weight is 314 g/mol. The van der Waals surface area contributed by atoms with Crippen LogP contribution in [0, 0.1) is 0 Å². The highest BCUT2D eigenvalue weighted by atomic mass is 35.5. The summed E-state index contributed by atoms with van der Waals surface area (Å²) in [5, 5.41) is 5.54. The Kier molecular flexibility index (Phi) is 5.43. The van der Waals surface area contributed by atoms with E-state index in [0.717, 1.165) is 0 Å². The molecule has 0 aliphatic carbocycles. The molecule has 0 spiro atoms. The highest BCUT2D eigenvalue weighted by Crippen LogP contribution is 2.22. The van der Waals surface area contributed by atoms with E-state index in [1.807, 2.05) is 0 Å². The molecule has 6 nitrogen and oxygen atoms in total. The van der Waals surface area contributed by atoms with Crippen molar-refractivity contribution in [1.82, 2.24) is 5.32 Å². The van der Waals surface area contributed by atoms with Crippen molar-refractivity contribution in [2.45, 2.75) is 39.3 Å². The van der Waals surface area contributed by atoms with Crippen LogP contribution >= 0.6 is 11.6 Å². The predicted molar refractivity (Wildman–Crippen MR) is 83.3 cm³/mol. The van der Waals surface area contributed by atoms with Crippen LogP contribution in [0.1, 0.15) is 27.7 Å². The summed E-state index contributed by atoms with van der Waals surface area (Å²) < 4.78 is 5.08. The molecule has 7 heteroatoms. The van der Waals surface area contributed by atoms with Crippen molar-refractivity contribution in [3.63, 3.8) is 0 Å². The lowest BCUT2D eigenvalue weighted by atomic mass is 10.2. The van der Waals surface area contributed by atoms with Crippen LogP contribution in [0.3, 0.4) is 0 Å². The number of carbonyl (C=O) groups excluding carboxylic acids is 2. The van der Waals surface area contributed by atoms with Gasteiger partial charge in [0.15, 0.2) is 0 Å². The van der Waals surface area contributed by atoms with E-state index < -0.39 is 23.6 Å². The van der Waals surface area contributed by atoms with Gasteiger partial charge in [-0.3, -0.25) is 4.79 Å². The van der Waals surface area contributed by atoms with E-state index in [9.17, 15) is 9.59 Å². The maximum absolute atomic E-state index is 12.0. The number of nitrogens with one attached hydrogen (secondary N) is 2. The van der Waals surface area contributed by atoms with Crippen molar-refractivity contribution >= 4 is 35.0 Å². The van der Waals surface area contributed by atoms with Crippen molar-refractivity contribution in [2.75, 3.05) is 11.1 Å². The summed E-state index contributed by atoms with van der Waals surface area (Å²) >= 11 is 5.78. The summed E-state index contributed by atoms with van der Waals surface area (Å²) in [6.07, 6.45) is -0.658. The third-order valence-corrected chi connectivity index (χ3v) is 2.63. The summed E-state index contributed by atoms with van der Waals surface area (Å²) in [7, 11) is 0. The zero-order valence-electron chi connectivity index (χ0n) is 12.5. The normalized spacial score (nSPS) is 12.4. The molecule has 0 saturated heterocycles. The molecule has 4 N–H and O–H groups in total. The van der Waals surface area contributed by atoms with Crippen LogP contribution in [0.15, 0.2) is 18.2 Å². The van der Waals surface area contributed by atoms with Gasteiger partial charge in [-0.15, -0.1) is 0 Å². The number of hydrogen-bond acceptors (Lipinski definition) is 4. The Morgan fingerprint density at radius 1 is 1.33 bits per heavy atom. The first-order chi connectivity index (χ1) is 9.58. The SMILES string of the molecule is C[C@H](NC(=O)OC(C)(C)C)C(=O)Nc1ccc(Cl)cc1N. The molecule has 0 fully saturated rings. The number of hydrogen-bond donors (Lipinski definition) is 3. The van der Waals surface area contributed by atoms with Gasteiger partial charge in [0.1, 0.15) is 11.6 Å². The summed E-state index contributed by atoms with van der Waals surface area (Å²) in [6, 6.07) is 3.97. The minimum atomic E-state index is -0.769. The number of halogens is 1. The number of nitrogens with two attached hydrogens (primary N) is 1. The Labute approximate surface area is 129 Å². The average Bonchev–Trinajstić information content (AvgIpc) is 2.29. The first-order valence-electron chi connectivity index (χ1n) is 6.44. The minimum Gasteiger partial charge on any atom is -0.444 e. The van der Waals surface area contributed by atoms with Crippen molar-refractivity contribution in [3.05, 3.63) is 23.2 Å². The molecule has 0 aliphatic rings. The Morgan fingerprint density at radius 3 is 2.48 bits per heavy atom. The molecule has 2 amide bonds. The first-order valence-corrected chi connectivity index (χ1v) is 6.81. The molecule has 1 atom stereocenters. The number of amides is 2. The monoisotopic (exact) mass is 313 g/mol. The van der Waals surface area contributed by atoms with Crippen LogP contribution in [0.4, 0.5) is 16.2 Å². The Morgan fingerprint density at radius 2 is 1.95 bits per heavy atom. The van der Waals surface area contributed by atoms with E-state index in [2.05, 4.69) is 10.6 Å². The lowest BCUT2D eigenvalue weighted by Gasteiger charge is -2.21. The summed E-state index contributed by atoms with van der Waals surface area (Å²) in [6.45, 7) is 6.77. The molecule has 0 radical (unpaired) electrons. The summed E-state index contributed by atoms with van der Waals surface area (Å²) in [5.41, 5.74) is 5.90. The third-order valence-electron chi connectivity index (χ3n) is 2.40. The standard InChI is InChI=1S/C14H20ClN3O3/c1-8(17-13(20)21-14(2,3)4)12(19)18-11-6-5-9(15)7-10(11)16/h5-8H,16H2,1-4H3,(H,17,20)(H,18,19)/t8-/m0/s1. The van der Waals surface area contributed by atoms with Gasteiger partial charge in [-0.25, -0.2) is 4.79 Å². The maximum Gasteiger partial charge on any atom is 0.408 e. The number of benzene rings is 1. The fourth-order valence-electron chi connectivity index (χ4n) is 1.44. The highest BCUT2D eigenvalue weighted by molar-refractivity contribution is 6.31. The number of rotatable bonds is 3. The molecule has 0 saturated carbocycles. The van der Waals surface area contributed by atoms with Crippen LogP contribution < -0.4 is 16.4 Å². The zero-order chi connectivity index (χ0) is 16.2. The Hall–Kier alpha value is -1.95. The van der Waals surface area contributed by atoms with E-state index in [0.29, 0.717) is 16.4 Å². The van der Waals surface area contributed by atoms with Crippen molar-refractivity contribution in [2.24, 2.45) is 0 Å². The van der Waals surface area contributed by atoms with Crippen molar-refractivity contribution in [1.29, 1.82) is 0 Å². The van der Waals surface area contributed by atoms with E-state index in [4.69, 9.17) is 22.1 Å². The lowest BCUT2D eigenvalue weighted by Crippen LogP contribution is -2.44. The number of alkyl carbamates (subject to hydrolysis) is 1. The predicted octanol–water partition coefficient (Wildman–Crippen LogP) is 2.77. The third kappa shape index (κ3) is 5.91. The van der Waals surface area contributed by atoms with Gasteiger partial charge in [0.2, 0.25) is 5.91 Å². The van der Waals surface area contributed by atoms with Gasteiger partial charge in [0, 0.05) is 5.02 Å². The highest BCUT2D eigenvalue weighted by Gasteiger charge is 2.21. The number of nitrogen functional groups attached to an aromatic ring is 1. The summed E-state index contributed by atoms with van der Waals surface area (Å²) in [4.78, 5) is 23.6. The lowest BCUT2D eigenvalue weighted by molar-refractivity contribution is -0.117. The second-order valence-electron chi connectivity index (χ2n) is 5.59. The molecule has 0 bridgehead atoms. The fraction of sp³-hybridized carbons (Fsp3) is 0.429. The quantitative estimate of drug-likeness (QED) is 0.748. The van der Waals surface area contributed by atoms with Crippen molar-refractivity contribution < 1.29 is 14.3 Å². The zero-order valence-corrected chi connectivity index (χ0v) is 13.2. The number of ether oxygens (including phenoxy) is 1. The van der Waals surface area contributed by atoms with E-state index in [-0.39, 0.29) is 0 Å². The van der Waals surface area contributed by atoms with Gasteiger partial charge < -0.3 is 21.1 Å². The molecule has 0 aromatic heterocycles. The van der Waals surface area contributed by atoms with Crippen LogP contribution in [-0.4, -0.2) is 23.6 Å². The van der Waals surface area contributed by atoms with Crippen LogP contribution in [0.2, 0.25) is 5.02 Å². The number of anilines is 2. The maximum atomic E-state index is 12.0. The van der Waals surface area contributed by atoms with E-state index >= 15 is 0 Å². The van der Waals surface area contributed by atoms with Crippen LogP contribution in [-0.2, 0) is 9.53 Å². The second-order valence-corrected chi connectivity index (χ2v) is 6.03. The van der Waals surface area contributed by atoms with Gasteiger partial charge in [0.05, 0.1) is 11.4 Å². The van der Waals surface area contributed by atoms with Gasteiger partial charge in [0.25, 0.3) is 0 Å². The van der Waals surface area contributed by atoms with Crippen LogP contribution in [0.5, 0.6) is 0 Å². The molecule has 0 heterocycles. The Bertz CT molecular complexity index is 541. The van der Waals surface area contributed by atoms with Crippen LogP contribution in [0.25, 0.3) is 0 Å². The molecular formula is C14H20ClN3O3.